The third kappa shape index (κ3) is 2.40. The van der Waals surface area contributed by atoms with E-state index in [0.717, 1.165) is 17.7 Å². The summed E-state index contributed by atoms with van der Waals surface area (Å²) >= 11 is 3.33. The number of hydrogen-bond donors (Lipinski definition) is 1. The van der Waals surface area contributed by atoms with Crippen molar-refractivity contribution in [3.63, 3.8) is 0 Å². The van der Waals surface area contributed by atoms with Crippen LogP contribution in [0.1, 0.15) is 30.0 Å². The van der Waals surface area contributed by atoms with Gasteiger partial charge in [0.15, 0.2) is 0 Å². The molecule has 0 saturated carbocycles. The third-order valence-corrected chi connectivity index (χ3v) is 3.38. The number of aromatic nitrogens is 3. The van der Waals surface area contributed by atoms with Crippen molar-refractivity contribution in [2.75, 3.05) is 0 Å². The van der Waals surface area contributed by atoms with Crippen LogP contribution in [0.15, 0.2) is 29.0 Å². The average Bonchev–Trinajstić information content (AvgIpc) is 2.70. The maximum Gasteiger partial charge on any atom is 0.125 e. The molecule has 0 amide bonds. The Balaban J connectivity index is 2.37. The zero-order chi connectivity index (χ0) is 12.4. The van der Waals surface area contributed by atoms with Gasteiger partial charge in [0, 0.05) is 24.5 Å². The normalized spacial score (nSPS) is 12.7. The molecule has 0 bridgehead atoms. The maximum atomic E-state index is 10.3. The minimum Gasteiger partial charge on any atom is -0.382 e. The summed E-state index contributed by atoms with van der Waals surface area (Å²) in [4.78, 5) is 4.10. The lowest BCUT2D eigenvalue weighted by atomic mass is 10.1. The van der Waals surface area contributed by atoms with Gasteiger partial charge in [0.2, 0.25) is 0 Å². The van der Waals surface area contributed by atoms with Crippen LogP contribution in [0, 0.1) is 0 Å². The summed E-state index contributed by atoms with van der Waals surface area (Å²) in [6.45, 7) is 2.06. The first-order valence-corrected chi connectivity index (χ1v) is 6.24. The molecule has 17 heavy (non-hydrogen) atoms. The summed E-state index contributed by atoms with van der Waals surface area (Å²) in [5.74, 6) is 0. The maximum absolute atomic E-state index is 10.3. The van der Waals surface area contributed by atoms with E-state index in [1.165, 1.54) is 0 Å². The van der Waals surface area contributed by atoms with E-state index < -0.39 is 6.10 Å². The van der Waals surface area contributed by atoms with E-state index in [2.05, 4.69) is 32.9 Å². The van der Waals surface area contributed by atoms with Crippen molar-refractivity contribution in [2.45, 2.75) is 19.4 Å². The number of hydrogen-bond acceptors (Lipinski definition) is 3. The molecule has 0 fully saturated rings. The van der Waals surface area contributed by atoms with Gasteiger partial charge in [-0.25, -0.2) is 4.98 Å². The summed E-state index contributed by atoms with van der Waals surface area (Å²) in [7, 11) is 1.88. The second-order valence-corrected chi connectivity index (χ2v) is 4.57. The summed E-state index contributed by atoms with van der Waals surface area (Å²) in [6.07, 6.45) is 1.82. The van der Waals surface area contributed by atoms with E-state index in [-0.39, 0.29) is 0 Å². The van der Waals surface area contributed by atoms with Gasteiger partial charge < -0.3 is 5.11 Å². The van der Waals surface area contributed by atoms with Crippen molar-refractivity contribution < 1.29 is 5.11 Å². The van der Waals surface area contributed by atoms with Gasteiger partial charge in [0.1, 0.15) is 10.7 Å². The molecular formula is C12H14BrN3O. The highest BCUT2D eigenvalue weighted by Crippen LogP contribution is 2.26. The first-order valence-electron chi connectivity index (χ1n) is 5.44. The van der Waals surface area contributed by atoms with Crippen molar-refractivity contribution in [1.82, 2.24) is 14.8 Å². The lowest BCUT2D eigenvalue weighted by Gasteiger charge is -2.08. The van der Waals surface area contributed by atoms with Gasteiger partial charge >= 0.3 is 0 Å². The Bertz CT molecular complexity index is 524. The van der Waals surface area contributed by atoms with Crippen molar-refractivity contribution >= 4 is 15.9 Å². The predicted molar refractivity (Wildman–Crippen MR) is 68.6 cm³/mol. The Morgan fingerprint density at radius 3 is 2.88 bits per heavy atom. The molecule has 2 aromatic heterocycles. The van der Waals surface area contributed by atoms with Crippen molar-refractivity contribution in [2.24, 2.45) is 7.05 Å². The molecule has 1 N–H and O–H groups in total. The van der Waals surface area contributed by atoms with Gasteiger partial charge in [-0.1, -0.05) is 13.0 Å². The molecule has 2 rings (SSSR count). The molecule has 0 radical (unpaired) electrons. The average molecular weight is 296 g/mol. The zero-order valence-electron chi connectivity index (χ0n) is 9.76. The number of aliphatic hydroxyl groups is 1. The minimum absolute atomic E-state index is 0.649. The van der Waals surface area contributed by atoms with Crippen LogP contribution in [0.2, 0.25) is 0 Å². The van der Waals surface area contributed by atoms with E-state index in [1.54, 1.807) is 16.9 Å². The molecule has 0 saturated heterocycles. The van der Waals surface area contributed by atoms with E-state index >= 15 is 0 Å². The molecule has 0 aromatic carbocycles. The van der Waals surface area contributed by atoms with E-state index in [4.69, 9.17) is 0 Å². The molecule has 0 aliphatic heterocycles. The molecule has 0 aliphatic rings. The van der Waals surface area contributed by atoms with Gasteiger partial charge in [0.05, 0.1) is 5.69 Å². The fourth-order valence-corrected chi connectivity index (χ4v) is 2.22. The standard InChI is InChI=1S/C12H14BrN3O/c1-3-8-7-10(15-16(8)2)11(17)9-5-4-6-14-12(9)13/h4-7,11,17H,3H2,1-2H3. The molecular weight excluding hydrogens is 282 g/mol. The Kier molecular flexibility index (Phi) is 3.59. The summed E-state index contributed by atoms with van der Waals surface area (Å²) in [5.41, 5.74) is 2.48. The Morgan fingerprint density at radius 1 is 1.53 bits per heavy atom. The van der Waals surface area contributed by atoms with Crippen LogP contribution in [-0.4, -0.2) is 19.9 Å². The van der Waals surface area contributed by atoms with Gasteiger partial charge in [-0.05, 0) is 34.5 Å². The smallest absolute Gasteiger partial charge is 0.125 e. The second-order valence-electron chi connectivity index (χ2n) is 3.82. The summed E-state index contributed by atoms with van der Waals surface area (Å²) in [5, 5.41) is 14.6. The van der Waals surface area contributed by atoms with Crippen LogP contribution in [0.3, 0.4) is 0 Å². The predicted octanol–water partition coefficient (Wildman–Crippen LogP) is 2.22. The van der Waals surface area contributed by atoms with Crippen molar-refractivity contribution in [1.29, 1.82) is 0 Å². The highest BCUT2D eigenvalue weighted by atomic mass is 79.9. The van der Waals surface area contributed by atoms with Crippen LogP contribution in [0.5, 0.6) is 0 Å². The SMILES string of the molecule is CCc1cc(C(O)c2cccnc2Br)nn1C. The second kappa shape index (κ2) is 4.98. The number of aryl methyl sites for hydroxylation is 2. The van der Waals surface area contributed by atoms with Gasteiger partial charge in [-0.3, -0.25) is 4.68 Å². The van der Waals surface area contributed by atoms with Gasteiger partial charge in [0.25, 0.3) is 0 Å². The lowest BCUT2D eigenvalue weighted by molar-refractivity contribution is 0.213. The highest BCUT2D eigenvalue weighted by Gasteiger charge is 2.17. The van der Waals surface area contributed by atoms with Crippen LogP contribution in [0.25, 0.3) is 0 Å². The number of nitrogens with zero attached hydrogens (tertiary/aromatic N) is 3. The number of halogens is 1. The molecule has 90 valence electrons. The lowest BCUT2D eigenvalue weighted by Crippen LogP contribution is -2.03. The van der Waals surface area contributed by atoms with Crippen LogP contribution in [0.4, 0.5) is 0 Å². The van der Waals surface area contributed by atoms with E-state index in [0.29, 0.717) is 10.3 Å². The molecule has 0 spiro atoms. The summed E-state index contributed by atoms with van der Waals surface area (Å²) < 4.78 is 2.44. The Hall–Kier alpha value is -1.20. The quantitative estimate of drug-likeness (QED) is 0.884. The molecule has 5 heteroatoms. The molecule has 2 aromatic rings. The Labute approximate surface area is 108 Å². The molecule has 1 atom stereocenters. The molecule has 0 aliphatic carbocycles. The molecule has 2 heterocycles. The highest BCUT2D eigenvalue weighted by molar-refractivity contribution is 9.10. The fraction of sp³-hybridized carbons (Fsp3) is 0.333. The first-order chi connectivity index (χ1) is 8.13. The molecule has 1 unspecified atom stereocenters. The van der Waals surface area contributed by atoms with E-state index in [9.17, 15) is 5.11 Å². The van der Waals surface area contributed by atoms with Crippen LogP contribution < -0.4 is 0 Å². The van der Waals surface area contributed by atoms with Gasteiger partial charge in [-0.15, -0.1) is 0 Å². The Morgan fingerprint density at radius 2 is 2.29 bits per heavy atom. The van der Waals surface area contributed by atoms with E-state index in [1.807, 2.05) is 19.2 Å². The first kappa shape index (κ1) is 12.3. The number of aliphatic hydroxyl groups excluding tert-OH is 1. The van der Waals surface area contributed by atoms with Crippen molar-refractivity contribution in [3.05, 3.63) is 46.0 Å². The number of rotatable bonds is 3. The molecule has 4 nitrogen and oxygen atoms in total. The summed E-state index contributed by atoms with van der Waals surface area (Å²) in [6, 6.07) is 5.55. The number of pyridine rings is 1. The third-order valence-electron chi connectivity index (χ3n) is 2.72. The van der Waals surface area contributed by atoms with Crippen LogP contribution in [-0.2, 0) is 13.5 Å². The van der Waals surface area contributed by atoms with Crippen molar-refractivity contribution in [3.8, 4) is 0 Å². The largest absolute Gasteiger partial charge is 0.382 e. The van der Waals surface area contributed by atoms with Crippen LogP contribution >= 0.6 is 15.9 Å². The van der Waals surface area contributed by atoms with Gasteiger partial charge in [-0.2, -0.15) is 5.10 Å². The topological polar surface area (TPSA) is 50.9 Å². The fourth-order valence-electron chi connectivity index (χ4n) is 1.76. The monoisotopic (exact) mass is 295 g/mol. The minimum atomic E-state index is -0.746. The zero-order valence-corrected chi connectivity index (χ0v) is 11.3.